The van der Waals surface area contributed by atoms with Crippen LogP contribution in [0.5, 0.6) is 0 Å². The van der Waals surface area contributed by atoms with E-state index >= 15 is 0 Å². The monoisotopic (exact) mass is 335 g/mol. The molecule has 3 N–H and O–H groups in total. The summed E-state index contributed by atoms with van der Waals surface area (Å²) >= 11 is 0. The Morgan fingerprint density at radius 1 is 1.30 bits per heavy atom. The highest BCUT2D eigenvalue weighted by atomic mass is 19.4. The Morgan fingerprint density at radius 3 is 2.39 bits per heavy atom. The van der Waals surface area contributed by atoms with Crippen molar-refractivity contribution in [2.75, 3.05) is 11.9 Å². The zero-order valence-electron chi connectivity index (χ0n) is 13.3. The van der Waals surface area contributed by atoms with E-state index in [1.807, 2.05) is 26.1 Å². The number of carbonyl (C=O) groups excluding carboxylic acids is 2. The molecule has 3 amide bonds. The smallest absolute Gasteiger partial charge is 0.371 e. The lowest BCUT2D eigenvalue weighted by Gasteiger charge is -2.19. The standard InChI is InChI=1S/C13H20F3N5O2/c1-8(10(22)20-11(23)17-7-13(14,15)16)19-9-5-18-21(6-9)12(2,3)4/h5-6,8,19H,7H2,1-4H3,(H2,17,20,22,23). The molecular formula is C13H20F3N5O2. The number of alkyl halides is 3. The minimum atomic E-state index is -4.54. The number of anilines is 1. The number of rotatable bonds is 4. The van der Waals surface area contributed by atoms with Gasteiger partial charge in [0.05, 0.1) is 17.4 Å². The molecule has 0 spiro atoms. The van der Waals surface area contributed by atoms with Gasteiger partial charge >= 0.3 is 12.2 Å². The van der Waals surface area contributed by atoms with Crippen molar-refractivity contribution in [3.8, 4) is 0 Å². The third-order valence-electron chi connectivity index (χ3n) is 2.73. The molecule has 0 aliphatic rings. The molecule has 0 aliphatic carbocycles. The average Bonchev–Trinajstić information content (AvgIpc) is 2.84. The molecule has 0 aliphatic heterocycles. The summed E-state index contributed by atoms with van der Waals surface area (Å²) < 4.78 is 37.5. The third kappa shape index (κ3) is 6.57. The first-order valence-corrected chi connectivity index (χ1v) is 6.85. The first-order chi connectivity index (χ1) is 10.4. The molecule has 0 aromatic carbocycles. The van der Waals surface area contributed by atoms with E-state index in [1.54, 1.807) is 16.2 Å². The quantitative estimate of drug-likeness (QED) is 0.783. The predicted octanol–water partition coefficient (Wildman–Crippen LogP) is 1.83. The van der Waals surface area contributed by atoms with E-state index in [0.717, 1.165) is 0 Å². The van der Waals surface area contributed by atoms with Gasteiger partial charge in [0.2, 0.25) is 5.91 Å². The molecular weight excluding hydrogens is 315 g/mol. The molecule has 10 heteroatoms. The molecule has 1 aromatic heterocycles. The molecule has 1 aromatic rings. The van der Waals surface area contributed by atoms with Crippen molar-refractivity contribution < 1.29 is 22.8 Å². The summed E-state index contributed by atoms with van der Waals surface area (Å²) in [6.07, 6.45) is -1.34. The van der Waals surface area contributed by atoms with Crippen LogP contribution in [0.1, 0.15) is 27.7 Å². The number of hydrogen-bond acceptors (Lipinski definition) is 4. The SMILES string of the molecule is CC(Nc1cnn(C(C)(C)C)c1)C(=O)NC(=O)NCC(F)(F)F. The summed E-state index contributed by atoms with van der Waals surface area (Å²) in [5.74, 6) is -0.756. The van der Waals surface area contributed by atoms with Crippen LogP contribution in [-0.2, 0) is 10.3 Å². The van der Waals surface area contributed by atoms with Crippen molar-refractivity contribution in [1.82, 2.24) is 20.4 Å². The molecule has 0 radical (unpaired) electrons. The minimum Gasteiger partial charge on any atom is -0.371 e. The highest BCUT2D eigenvalue weighted by Crippen LogP contribution is 2.16. The predicted molar refractivity (Wildman–Crippen MR) is 77.9 cm³/mol. The number of amides is 3. The Labute approximate surface area is 131 Å². The normalized spacial score (nSPS) is 13.3. The highest BCUT2D eigenvalue weighted by molar-refractivity contribution is 5.97. The van der Waals surface area contributed by atoms with Gasteiger partial charge in [-0.25, -0.2) is 4.79 Å². The molecule has 7 nitrogen and oxygen atoms in total. The zero-order chi connectivity index (χ0) is 17.8. The summed E-state index contributed by atoms with van der Waals surface area (Å²) in [6.45, 7) is 5.81. The van der Waals surface area contributed by atoms with Crippen molar-refractivity contribution in [3.63, 3.8) is 0 Å². The number of halogens is 3. The van der Waals surface area contributed by atoms with Gasteiger partial charge in [-0.3, -0.25) is 14.8 Å². The number of aromatic nitrogens is 2. The lowest BCUT2D eigenvalue weighted by Crippen LogP contribution is -2.47. The third-order valence-corrected chi connectivity index (χ3v) is 2.73. The largest absolute Gasteiger partial charge is 0.405 e. The van der Waals surface area contributed by atoms with Gasteiger partial charge in [-0.05, 0) is 27.7 Å². The summed E-state index contributed by atoms with van der Waals surface area (Å²) in [6, 6.07) is -2.03. The van der Waals surface area contributed by atoms with Crippen molar-refractivity contribution in [3.05, 3.63) is 12.4 Å². The second-order valence-electron chi connectivity index (χ2n) is 6.00. The molecule has 1 atom stereocenters. The van der Waals surface area contributed by atoms with Gasteiger partial charge in [0.25, 0.3) is 0 Å². The van der Waals surface area contributed by atoms with E-state index < -0.39 is 30.7 Å². The first-order valence-electron chi connectivity index (χ1n) is 6.85. The fourth-order valence-corrected chi connectivity index (χ4v) is 1.52. The van der Waals surface area contributed by atoms with Crippen molar-refractivity contribution >= 4 is 17.6 Å². The van der Waals surface area contributed by atoms with Gasteiger partial charge in [0.1, 0.15) is 12.6 Å². The average molecular weight is 335 g/mol. The van der Waals surface area contributed by atoms with Crippen LogP contribution in [-0.4, -0.2) is 40.5 Å². The first kappa shape index (κ1) is 18.8. The molecule has 0 saturated carbocycles. The van der Waals surface area contributed by atoms with Gasteiger partial charge in [0, 0.05) is 6.20 Å². The molecule has 1 unspecified atom stereocenters. The van der Waals surface area contributed by atoms with E-state index in [1.165, 1.54) is 13.1 Å². The summed E-state index contributed by atoms with van der Waals surface area (Å²) in [5, 5.41) is 10.3. The van der Waals surface area contributed by atoms with E-state index in [2.05, 4.69) is 10.4 Å². The van der Waals surface area contributed by atoms with Crippen molar-refractivity contribution in [2.24, 2.45) is 0 Å². The molecule has 1 heterocycles. The zero-order valence-corrected chi connectivity index (χ0v) is 13.3. The lowest BCUT2D eigenvalue weighted by molar-refractivity contribution is -0.124. The van der Waals surface area contributed by atoms with Crippen molar-refractivity contribution in [2.45, 2.75) is 45.5 Å². The van der Waals surface area contributed by atoms with Gasteiger partial charge in [-0.1, -0.05) is 0 Å². The van der Waals surface area contributed by atoms with Gasteiger partial charge in [-0.2, -0.15) is 18.3 Å². The van der Waals surface area contributed by atoms with Crippen LogP contribution in [0.2, 0.25) is 0 Å². The van der Waals surface area contributed by atoms with Crippen LogP contribution in [0.4, 0.5) is 23.7 Å². The Balaban J connectivity index is 2.51. The molecule has 0 saturated heterocycles. The molecule has 0 bridgehead atoms. The van der Waals surface area contributed by atoms with Crippen LogP contribution < -0.4 is 16.0 Å². The fraction of sp³-hybridized carbons (Fsp3) is 0.615. The molecule has 1 rings (SSSR count). The molecule has 130 valence electrons. The van der Waals surface area contributed by atoms with Gasteiger partial charge in [-0.15, -0.1) is 0 Å². The van der Waals surface area contributed by atoms with Crippen molar-refractivity contribution in [1.29, 1.82) is 0 Å². The van der Waals surface area contributed by atoms with E-state index in [0.29, 0.717) is 5.69 Å². The number of carbonyl (C=O) groups is 2. The second kappa shape index (κ2) is 6.88. The van der Waals surface area contributed by atoms with Crippen LogP contribution in [0, 0.1) is 0 Å². The number of imide groups is 1. The Bertz CT molecular complexity index is 563. The number of hydrogen-bond donors (Lipinski definition) is 3. The number of urea groups is 1. The maximum absolute atomic E-state index is 11.9. The second-order valence-corrected chi connectivity index (χ2v) is 6.00. The topological polar surface area (TPSA) is 88.1 Å². The van der Waals surface area contributed by atoms with Gasteiger partial charge < -0.3 is 10.6 Å². The van der Waals surface area contributed by atoms with E-state index in [-0.39, 0.29) is 5.54 Å². The minimum absolute atomic E-state index is 0.233. The summed E-state index contributed by atoms with van der Waals surface area (Å²) in [7, 11) is 0. The molecule has 23 heavy (non-hydrogen) atoms. The summed E-state index contributed by atoms with van der Waals surface area (Å²) in [4.78, 5) is 22.9. The van der Waals surface area contributed by atoms with E-state index in [9.17, 15) is 22.8 Å². The Hall–Kier alpha value is -2.26. The molecule has 0 fully saturated rings. The van der Waals surface area contributed by atoms with Crippen LogP contribution in [0.25, 0.3) is 0 Å². The maximum atomic E-state index is 11.9. The Morgan fingerprint density at radius 2 is 1.91 bits per heavy atom. The summed E-state index contributed by atoms with van der Waals surface area (Å²) in [5.41, 5.74) is 0.321. The van der Waals surface area contributed by atoms with Crippen LogP contribution in [0.15, 0.2) is 12.4 Å². The van der Waals surface area contributed by atoms with Gasteiger partial charge in [0.15, 0.2) is 0 Å². The Kier molecular flexibility index (Phi) is 5.62. The highest BCUT2D eigenvalue weighted by Gasteiger charge is 2.28. The fourth-order valence-electron chi connectivity index (χ4n) is 1.52. The lowest BCUT2D eigenvalue weighted by atomic mass is 10.1. The van der Waals surface area contributed by atoms with E-state index in [4.69, 9.17) is 0 Å². The van der Waals surface area contributed by atoms with Crippen LogP contribution >= 0.6 is 0 Å². The number of nitrogens with zero attached hydrogens (tertiary/aromatic N) is 2. The maximum Gasteiger partial charge on any atom is 0.405 e. The van der Waals surface area contributed by atoms with Crippen LogP contribution in [0.3, 0.4) is 0 Å². The number of nitrogens with one attached hydrogen (secondary N) is 3.